The van der Waals surface area contributed by atoms with Crippen molar-refractivity contribution in [3.05, 3.63) is 56.2 Å². The molecule has 0 atom stereocenters. The van der Waals surface area contributed by atoms with Gasteiger partial charge in [-0.3, -0.25) is 28.2 Å². The third-order valence-electron chi connectivity index (χ3n) is 8.04. The van der Waals surface area contributed by atoms with Crippen molar-refractivity contribution in [1.29, 1.82) is 0 Å². The molecule has 0 saturated carbocycles. The Hall–Kier alpha value is -3.40. The van der Waals surface area contributed by atoms with Crippen LogP contribution in [0.3, 0.4) is 0 Å². The van der Waals surface area contributed by atoms with Crippen LogP contribution in [0.5, 0.6) is 0 Å². The lowest BCUT2D eigenvalue weighted by Gasteiger charge is -2.48. The van der Waals surface area contributed by atoms with E-state index >= 15 is 0 Å². The van der Waals surface area contributed by atoms with Crippen LogP contribution in [0.4, 0.5) is 5.95 Å². The third-order valence-corrected chi connectivity index (χ3v) is 8.04. The van der Waals surface area contributed by atoms with Crippen molar-refractivity contribution in [2.45, 2.75) is 51.1 Å². The summed E-state index contributed by atoms with van der Waals surface area (Å²) in [6.07, 6.45) is 4.57. The summed E-state index contributed by atoms with van der Waals surface area (Å²) in [5.41, 5.74) is 7.52. The highest BCUT2D eigenvalue weighted by atomic mass is 16.2. The number of primary amides is 1. The lowest BCUT2D eigenvalue weighted by Crippen LogP contribution is -2.63. The quantitative estimate of drug-likeness (QED) is 0.570. The molecule has 192 valence electrons. The molecule has 0 bridgehead atoms. The summed E-state index contributed by atoms with van der Waals surface area (Å²) in [6.45, 7) is 5.45. The fraction of sp³-hybridized carbons (Fsp3) is 0.538. The summed E-state index contributed by atoms with van der Waals surface area (Å²) in [4.78, 5) is 47.9. The van der Waals surface area contributed by atoms with Gasteiger partial charge in [-0.1, -0.05) is 36.2 Å². The number of amides is 1. The molecule has 2 aromatic heterocycles. The Morgan fingerprint density at radius 2 is 1.72 bits per heavy atom. The number of carbonyl (C=O) groups is 1. The summed E-state index contributed by atoms with van der Waals surface area (Å²) < 4.78 is 4.48. The predicted octanol–water partition coefficient (Wildman–Crippen LogP) is 1.10. The second-order valence-corrected chi connectivity index (χ2v) is 10.3. The number of rotatable bonds is 5. The first-order valence-electron chi connectivity index (χ1n) is 12.7. The van der Waals surface area contributed by atoms with Crippen LogP contribution >= 0.6 is 0 Å². The lowest BCUT2D eigenvalue weighted by molar-refractivity contribution is -0.132. The van der Waals surface area contributed by atoms with E-state index in [0.717, 1.165) is 41.6 Å². The molecule has 0 aliphatic carbocycles. The van der Waals surface area contributed by atoms with Crippen molar-refractivity contribution < 1.29 is 4.79 Å². The van der Waals surface area contributed by atoms with Gasteiger partial charge in [-0.25, -0.2) is 4.79 Å². The number of hydrogen-bond donors (Lipinski definition) is 1. The van der Waals surface area contributed by atoms with Gasteiger partial charge < -0.3 is 10.6 Å². The molecular weight excluding hydrogens is 458 g/mol. The number of carbonyl (C=O) groups excluding carboxylic acids is 1. The number of likely N-dealkylation sites (tertiary alicyclic amines) is 1. The summed E-state index contributed by atoms with van der Waals surface area (Å²) in [6, 6.07) is 8.15. The van der Waals surface area contributed by atoms with Crippen molar-refractivity contribution in [3.63, 3.8) is 0 Å². The van der Waals surface area contributed by atoms with Gasteiger partial charge in [0.05, 0.1) is 6.54 Å². The Balaban J connectivity index is 1.57. The predicted molar refractivity (Wildman–Crippen MR) is 139 cm³/mol. The first-order chi connectivity index (χ1) is 17.2. The number of hydrogen-bond acceptors (Lipinski definition) is 6. The molecule has 3 aromatic rings. The largest absolute Gasteiger partial charge is 0.368 e. The number of benzene rings is 1. The molecule has 1 aromatic carbocycles. The van der Waals surface area contributed by atoms with Gasteiger partial charge in [0.2, 0.25) is 11.9 Å². The molecule has 10 heteroatoms. The van der Waals surface area contributed by atoms with Crippen LogP contribution in [-0.2, 0) is 25.4 Å². The normalized spacial score (nSPS) is 18.6. The fourth-order valence-electron chi connectivity index (χ4n) is 5.94. The van der Waals surface area contributed by atoms with Gasteiger partial charge in [0.1, 0.15) is 5.54 Å². The highest BCUT2D eigenvalue weighted by Gasteiger charge is 2.45. The van der Waals surface area contributed by atoms with E-state index in [0.29, 0.717) is 49.6 Å². The highest BCUT2D eigenvalue weighted by molar-refractivity contribution is 5.85. The third kappa shape index (κ3) is 3.93. The van der Waals surface area contributed by atoms with E-state index in [1.807, 2.05) is 29.7 Å². The van der Waals surface area contributed by atoms with E-state index in [-0.39, 0.29) is 11.5 Å². The molecule has 36 heavy (non-hydrogen) atoms. The van der Waals surface area contributed by atoms with Gasteiger partial charge in [-0.05, 0) is 51.3 Å². The van der Waals surface area contributed by atoms with Crippen LogP contribution in [0, 0.1) is 6.92 Å². The maximum Gasteiger partial charge on any atom is 0.332 e. The molecule has 5 rings (SSSR count). The van der Waals surface area contributed by atoms with Crippen molar-refractivity contribution in [2.75, 3.05) is 31.1 Å². The van der Waals surface area contributed by atoms with E-state index < -0.39 is 11.2 Å². The molecule has 10 nitrogen and oxygen atoms in total. The van der Waals surface area contributed by atoms with E-state index in [4.69, 9.17) is 10.7 Å². The molecule has 0 radical (unpaired) electrons. The molecule has 1 amide bonds. The standard InChI is InChI=1S/C26H35N7O3/c1-18-8-7-9-19(16-18)17-33-20-21(29(2)25(36)30(3)22(20)34)28-24(33)31-14-10-26(11-15-31,23(27)35)32-12-5-4-6-13-32/h7-9,16H,4-6,10-15,17H2,1-3H3,(H2,27,35). The van der Waals surface area contributed by atoms with Crippen LogP contribution in [0.2, 0.25) is 0 Å². The number of nitrogens with zero attached hydrogens (tertiary/aromatic N) is 6. The first kappa shape index (κ1) is 24.3. The average molecular weight is 494 g/mol. The topological polar surface area (TPSA) is 111 Å². The zero-order valence-corrected chi connectivity index (χ0v) is 21.4. The second-order valence-electron chi connectivity index (χ2n) is 10.3. The van der Waals surface area contributed by atoms with E-state index in [1.54, 1.807) is 7.05 Å². The Kier molecular flexibility index (Phi) is 6.23. The molecule has 4 heterocycles. The number of fused-ring (bicyclic) bond motifs is 1. The van der Waals surface area contributed by atoms with Crippen molar-refractivity contribution in [2.24, 2.45) is 19.8 Å². The van der Waals surface area contributed by atoms with Crippen LogP contribution in [-0.4, -0.2) is 61.2 Å². The minimum Gasteiger partial charge on any atom is -0.368 e. The average Bonchev–Trinajstić information content (AvgIpc) is 3.25. The molecule has 0 unspecified atom stereocenters. The van der Waals surface area contributed by atoms with Gasteiger partial charge in [0.15, 0.2) is 11.2 Å². The van der Waals surface area contributed by atoms with Crippen LogP contribution in [0.25, 0.3) is 11.2 Å². The van der Waals surface area contributed by atoms with Gasteiger partial charge >= 0.3 is 5.69 Å². The monoisotopic (exact) mass is 493 g/mol. The van der Waals surface area contributed by atoms with Gasteiger partial charge in [0.25, 0.3) is 5.56 Å². The summed E-state index contributed by atoms with van der Waals surface area (Å²) >= 11 is 0. The summed E-state index contributed by atoms with van der Waals surface area (Å²) in [5, 5.41) is 0. The van der Waals surface area contributed by atoms with E-state index in [1.165, 1.54) is 18.0 Å². The highest BCUT2D eigenvalue weighted by Crippen LogP contribution is 2.34. The Morgan fingerprint density at radius 1 is 1.03 bits per heavy atom. The van der Waals surface area contributed by atoms with E-state index in [2.05, 4.69) is 15.9 Å². The molecule has 2 aliphatic heterocycles. The molecule has 2 N–H and O–H groups in total. The Labute approximate surface area is 209 Å². The van der Waals surface area contributed by atoms with Crippen LogP contribution < -0.4 is 21.9 Å². The molecule has 2 saturated heterocycles. The molecule has 2 aliphatic rings. The van der Waals surface area contributed by atoms with Gasteiger partial charge in [0, 0.05) is 27.2 Å². The van der Waals surface area contributed by atoms with Crippen molar-refractivity contribution in [3.8, 4) is 0 Å². The minimum atomic E-state index is -0.646. The van der Waals surface area contributed by atoms with E-state index in [9.17, 15) is 14.4 Å². The number of piperidine rings is 2. The molecule has 0 spiro atoms. The van der Waals surface area contributed by atoms with Gasteiger partial charge in [-0.15, -0.1) is 0 Å². The second kappa shape index (κ2) is 9.24. The number of anilines is 1. The zero-order valence-electron chi connectivity index (χ0n) is 21.4. The van der Waals surface area contributed by atoms with Crippen molar-refractivity contribution >= 4 is 23.0 Å². The maximum absolute atomic E-state index is 13.3. The zero-order chi connectivity index (χ0) is 25.6. The summed E-state index contributed by atoms with van der Waals surface area (Å²) in [7, 11) is 3.14. The Morgan fingerprint density at radius 3 is 2.36 bits per heavy atom. The fourth-order valence-corrected chi connectivity index (χ4v) is 5.94. The SMILES string of the molecule is Cc1cccc(Cn2c(N3CCC(C(N)=O)(N4CCCCC4)CC3)nc3c2c(=O)n(C)c(=O)n3C)c1. The van der Waals surface area contributed by atoms with Crippen LogP contribution in [0.15, 0.2) is 33.9 Å². The smallest absolute Gasteiger partial charge is 0.332 e. The number of aromatic nitrogens is 4. The lowest BCUT2D eigenvalue weighted by atomic mass is 9.83. The summed E-state index contributed by atoms with van der Waals surface area (Å²) in [5.74, 6) is 0.384. The van der Waals surface area contributed by atoms with Crippen LogP contribution in [0.1, 0.15) is 43.2 Å². The minimum absolute atomic E-state index is 0.256. The molecule has 2 fully saturated rings. The molecular formula is C26H35N7O3. The number of imidazole rings is 1. The van der Waals surface area contributed by atoms with Gasteiger partial charge in [-0.2, -0.15) is 4.98 Å². The van der Waals surface area contributed by atoms with Crippen molar-refractivity contribution in [1.82, 2.24) is 23.6 Å². The Bertz CT molecular complexity index is 1420. The number of nitrogens with two attached hydrogens (primary N) is 1. The first-order valence-corrected chi connectivity index (χ1v) is 12.7. The maximum atomic E-state index is 13.3. The number of aryl methyl sites for hydroxylation is 2.